The maximum Gasteiger partial charge on any atom is 0.160 e. The number of rotatable bonds is 6. The van der Waals surface area contributed by atoms with Crippen LogP contribution in [0, 0.1) is 24.2 Å². The van der Waals surface area contributed by atoms with E-state index in [1.165, 1.54) is 0 Å². The third-order valence-electron chi connectivity index (χ3n) is 4.94. The van der Waals surface area contributed by atoms with Gasteiger partial charge in [0.1, 0.15) is 5.69 Å². The van der Waals surface area contributed by atoms with Gasteiger partial charge in [0.05, 0.1) is 12.8 Å². The molecule has 0 spiro atoms. The molecule has 1 N–H and O–H groups in total. The molecule has 1 fully saturated rings. The molecule has 1 heterocycles. The van der Waals surface area contributed by atoms with Gasteiger partial charge in [0.15, 0.2) is 5.75 Å². The van der Waals surface area contributed by atoms with Crippen LogP contribution >= 0.6 is 0 Å². The van der Waals surface area contributed by atoms with Crippen molar-refractivity contribution in [2.24, 2.45) is 17.3 Å². The van der Waals surface area contributed by atoms with Crippen LogP contribution in [0.4, 0.5) is 0 Å². The van der Waals surface area contributed by atoms with E-state index in [-0.39, 0.29) is 12.0 Å². The Hall–Kier alpha value is -1.55. The maximum atomic E-state index is 9.55. The van der Waals surface area contributed by atoms with Gasteiger partial charge in [0, 0.05) is 18.6 Å². The molecule has 0 bridgehead atoms. The lowest BCUT2D eigenvalue weighted by Gasteiger charge is -2.26. The van der Waals surface area contributed by atoms with Crippen LogP contribution < -0.4 is 4.74 Å². The number of hydrogen-bond acceptors (Lipinski definition) is 3. The molecule has 0 saturated heterocycles. The summed E-state index contributed by atoms with van der Waals surface area (Å²) in [5.74, 6) is 1.71. The van der Waals surface area contributed by atoms with Crippen molar-refractivity contribution in [2.45, 2.75) is 33.2 Å². The SMILES string of the molecule is CCn1cc(OC[C@@]2(C3C=CC=CC3)C[C@H]2CO)c(C)n1. The highest BCUT2D eigenvalue weighted by Crippen LogP contribution is 2.59. The van der Waals surface area contributed by atoms with Crippen molar-refractivity contribution >= 4 is 0 Å². The van der Waals surface area contributed by atoms with Crippen LogP contribution in [0.2, 0.25) is 0 Å². The highest BCUT2D eigenvalue weighted by Gasteiger charge is 2.58. The summed E-state index contributed by atoms with van der Waals surface area (Å²) in [5.41, 5.74) is 1.03. The van der Waals surface area contributed by atoms with E-state index in [4.69, 9.17) is 4.74 Å². The fourth-order valence-corrected chi connectivity index (χ4v) is 3.41. The summed E-state index contributed by atoms with van der Waals surface area (Å²) in [6, 6.07) is 0. The highest BCUT2D eigenvalue weighted by molar-refractivity contribution is 5.25. The predicted molar refractivity (Wildman–Crippen MR) is 82.1 cm³/mol. The van der Waals surface area contributed by atoms with E-state index in [1.54, 1.807) is 0 Å². The Labute approximate surface area is 126 Å². The third-order valence-corrected chi connectivity index (χ3v) is 4.94. The summed E-state index contributed by atoms with van der Waals surface area (Å²) >= 11 is 0. The molecule has 0 radical (unpaired) electrons. The lowest BCUT2D eigenvalue weighted by molar-refractivity contribution is 0.154. The van der Waals surface area contributed by atoms with Gasteiger partial charge in [-0.3, -0.25) is 4.68 Å². The van der Waals surface area contributed by atoms with E-state index in [2.05, 4.69) is 36.3 Å². The molecule has 4 heteroatoms. The number of nitrogens with zero attached hydrogens (tertiary/aromatic N) is 2. The smallest absolute Gasteiger partial charge is 0.160 e. The Morgan fingerprint density at radius 3 is 2.90 bits per heavy atom. The van der Waals surface area contributed by atoms with Crippen LogP contribution in [0.15, 0.2) is 30.5 Å². The van der Waals surface area contributed by atoms with Crippen molar-refractivity contribution in [3.8, 4) is 5.75 Å². The van der Waals surface area contributed by atoms with Crippen molar-refractivity contribution < 1.29 is 9.84 Å². The average molecular weight is 288 g/mol. The second-order valence-electron chi connectivity index (χ2n) is 6.20. The molecule has 0 aliphatic heterocycles. The molecule has 0 amide bonds. The van der Waals surface area contributed by atoms with Crippen LogP contribution in [0.3, 0.4) is 0 Å². The lowest BCUT2D eigenvalue weighted by atomic mass is 9.83. The van der Waals surface area contributed by atoms with Crippen LogP contribution in [-0.4, -0.2) is 28.1 Å². The van der Waals surface area contributed by atoms with Gasteiger partial charge in [-0.25, -0.2) is 0 Å². The first kappa shape index (κ1) is 14.4. The van der Waals surface area contributed by atoms with Gasteiger partial charge in [-0.05, 0) is 38.5 Å². The van der Waals surface area contributed by atoms with Crippen LogP contribution in [0.1, 0.15) is 25.5 Å². The molecule has 114 valence electrons. The minimum atomic E-state index is 0.0940. The van der Waals surface area contributed by atoms with E-state index in [1.807, 2.05) is 17.8 Å². The molecule has 4 nitrogen and oxygen atoms in total. The summed E-state index contributed by atoms with van der Waals surface area (Å²) in [4.78, 5) is 0. The first-order valence-corrected chi connectivity index (χ1v) is 7.80. The minimum absolute atomic E-state index is 0.0940. The Balaban J connectivity index is 1.70. The summed E-state index contributed by atoms with van der Waals surface area (Å²) in [5, 5.41) is 14.0. The number of aliphatic hydroxyl groups excluding tert-OH is 1. The second kappa shape index (κ2) is 5.68. The van der Waals surface area contributed by atoms with E-state index >= 15 is 0 Å². The van der Waals surface area contributed by atoms with Gasteiger partial charge in [-0.2, -0.15) is 5.10 Å². The molecule has 21 heavy (non-hydrogen) atoms. The Bertz CT molecular complexity index is 561. The fourth-order valence-electron chi connectivity index (χ4n) is 3.41. The number of aromatic nitrogens is 2. The predicted octanol–water partition coefficient (Wildman–Crippen LogP) is 2.72. The quantitative estimate of drug-likeness (QED) is 0.875. The number of aryl methyl sites for hydroxylation is 2. The van der Waals surface area contributed by atoms with Crippen molar-refractivity contribution in [2.75, 3.05) is 13.2 Å². The molecular formula is C17H24N2O2. The lowest BCUT2D eigenvalue weighted by Crippen LogP contribution is -2.26. The zero-order chi connectivity index (χ0) is 14.9. The number of allylic oxidation sites excluding steroid dienone is 4. The first-order valence-electron chi connectivity index (χ1n) is 7.80. The second-order valence-corrected chi connectivity index (χ2v) is 6.20. The standard InChI is InChI=1S/C17H24N2O2/c1-3-19-10-16(13(2)18-19)21-12-17(9-15(17)11-20)14-7-5-4-6-8-14/h4-7,10,14-15,20H,3,8-9,11-12H2,1-2H3/t14?,15-,17+/m0/s1. The molecule has 3 atom stereocenters. The van der Waals surface area contributed by atoms with Crippen molar-refractivity contribution in [1.29, 1.82) is 0 Å². The Kier molecular flexibility index (Phi) is 3.89. The van der Waals surface area contributed by atoms with E-state index in [0.29, 0.717) is 18.4 Å². The Morgan fingerprint density at radius 2 is 2.33 bits per heavy atom. The topological polar surface area (TPSA) is 47.3 Å². The van der Waals surface area contributed by atoms with Gasteiger partial charge in [0.25, 0.3) is 0 Å². The fraction of sp³-hybridized carbons (Fsp3) is 0.588. The van der Waals surface area contributed by atoms with Crippen molar-refractivity contribution in [3.63, 3.8) is 0 Å². The zero-order valence-corrected chi connectivity index (χ0v) is 12.8. The van der Waals surface area contributed by atoms with Gasteiger partial charge < -0.3 is 9.84 Å². The Morgan fingerprint density at radius 1 is 1.48 bits per heavy atom. The monoisotopic (exact) mass is 288 g/mol. The van der Waals surface area contributed by atoms with E-state index in [0.717, 1.165) is 30.8 Å². The molecular weight excluding hydrogens is 264 g/mol. The van der Waals surface area contributed by atoms with E-state index in [9.17, 15) is 5.11 Å². The summed E-state index contributed by atoms with van der Waals surface area (Å²) in [6.45, 7) is 5.82. The van der Waals surface area contributed by atoms with Gasteiger partial charge in [0.2, 0.25) is 0 Å². The van der Waals surface area contributed by atoms with Crippen LogP contribution in [-0.2, 0) is 6.54 Å². The normalized spacial score (nSPS) is 30.6. The minimum Gasteiger partial charge on any atom is -0.489 e. The molecule has 1 unspecified atom stereocenters. The first-order chi connectivity index (χ1) is 10.2. The third kappa shape index (κ3) is 2.64. The number of hydrogen-bond donors (Lipinski definition) is 1. The van der Waals surface area contributed by atoms with Crippen molar-refractivity contribution in [3.05, 3.63) is 36.2 Å². The van der Waals surface area contributed by atoms with E-state index < -0.39 is 0 Å². The molecule has 1 saturated carbocycles. The molecule has 2 aliphatic rings. The summed E-state index contributed by atoms with van der Waals surface area (Å²) in [7, 11) is 0. The zero-order valence-electron chi connectivity index (χ0n) is 12.8. The molecule has 1 aromatic heterocycles. The van der Waals surface area contributed by atoms with Crippen LogP contribution in [0.5, 0.6) is 5.75 Å². The highest BCUT2D eigenvalue weighted by atomic mass is 16.5. The molecule has 2 aliphatic carbocycles. The van der Waals surface area contributed by atoms with Crippen LogP contribution in [0.25, 0.3) is 0 Å². The molecule has 0 aromatic carbocycles. The van der Waals surface area contributed by atoms with Crippen molar-refractivity contribution in [1.82, 2.24) is 9.78 Å². The number of ether oxygens (including phenoxy) is 1. The average Bonchev–Trinajstić information content (AvgIpc) is 3.14. The molecule has 3 rings (SSSR count). The molecule has 1 aromatic rings. The summed E-state index contributed by atoms with van der Waals surface area (Å²) in [6.07, 6.45) is 12.7. The van der Waals surface area contributed by atoms with Gasteiger partial charge in [-0.1, -0.05) is 24.3 Å². The van der Waals surface area contributed by atoms with Gasteiger partial charge >= 0.3 is 0 Å². The van der Waals surface area contributed by atoms with Gasteiger partial charge in [-0.15, -0.1) is 0 Å². The largest absolute Gasteiger partial charge is 0.489 e. The number of aliphatic hydroxyl groups is 1. The maximum absolute atomic E-state index is 9.55. The summed E-state index contributed by atoms with van der Waals surface area (Å²) < 4.78 is 7.98.